The van der Waals surface area contributed by atoms with Crippen molar-refractivity contribution in [1.29, 1.82) is 0 Å². The molecule has 5 heteroatoms. The molecule has 1 heterocycles. The Morgan fingerprint density at radius 1 is 1.39 bits per heavy atom. The predicted molar refractivity (Wildman–Crippen MR) is 72.7 cm³/mol. The quantitative estimate of drug-likeness (QED) is 0.787. The van der Waals surface area contributed by atoms with Crippen molar-refractivity contribution in [2.24, 2.45) is 5.41 Å². The van der Waals surface area contributed by atoms with Gasteiger partial charge in [-0.15, -0.1) is 0 Å². The minimum atomic E-state index is -0.420. The normalized spacial score (nSPS) is 11.1. The van der Waals surface area contributed by atoms with E-state index in [0.717, 1.165) is 12.2 Å². The number of anilines is 2. The minimum absolute atomic E-state index is 0.0462. The first-order valence-corrected chi connectivity index (χ1v) is 5.94. The van der Waals surface area contributed by atoms with Gasteiger partial charge in [0.05, 0.1) is 18.5 Å². The average Bonchev–Trinajstić information content (AvgIpc) is 2.30. The number of carbonyl (C=O) groups is 1. The highest BCUT2D eigenvalue weighted by atomic mass is 16.5. The molecule has 1 rings (SSSR count). The van der Waals surface area contributed by atoms with Crippen molar-refractivity contribution in [2.45, 2.75) is 20.8 Å². The van der Waals surface area contributed by atoms with Crippen molar-refractivity contribution in [3.8, 4) is 0 Å². The van der Waals surface area contributed by atoms with E-state index >= 15 is 0 Å². The van der Waals surface area contributed by atoms with E-state index in [1.807, 2.05) is 26.8 Å². The molecule has 0 saturated carbocycles. The molecule has 1 aromatic rings. The van der Waals surface area contributed by atoms with Gasteiger partial charge in [0, 0.05) is 19.1 Å². The second-order valence-electron chi connectivity index (χ2n) is 5.06. The summed E-state index contributed by atoms with van der Waals surface area (Å²) in [7, 11) is 1.66. The maximum atomic E-state index is 11.7. The van der Waals surface area contributed by atoms with Crippen LogP contribution in [0, 0.1) is 5.41 Å². The van der Waals surface area contributed by atoms with Crippen LogP contribution in [0.5, 0.6) is 0 Å². The van der Waals surface area contributed by atoms with Crippen LogP contribution in [0.1, 0.15) is 20.8 Å². The van der Waals surface area contributed by atoms with Crippen LogP contribution in [-0.4, -0.2) is 31.2 Å². The number of nitrogens with zero attached hydrogens (tertiary/aromatic N) is 1. The van der Waals surface area contributed by atoms with E-state index in [9.17, 15) is 4.79 Å². The lowest BCUT2D eigenvalue weighted by atomic mass is 9.96. The van der Waals surface area contributed by atoms with Gasteiger partial charge in [0.2, 0.25) is 5.91 Å². The van der Waals surface area contributed by atoms with Crippen LogP contribution in [0.3, 0.4) is 0 Å². The lowest BCUT2D eigenvalue weighted by Crippen LogP contribution is -2.27. The summed E-state index contributed by atoms with van der Waals surface area (Å²) in [4.78, 5) is 15.9. The number of carbonyl (C=O) groups excluding carboxylic acids is 1. The number of hydrogen-bond donors (Lipinski definition) is 2. The van der Waals surface area contributed by atoms with Crippen LogP contribution in [0.15, 0.2) is 18.3 Å². The van der Waals surface area contributed by atoms with Gasteiger partial charge in [-0.3, -0.25) is 4.79 Å². The van der Waals surface area contributed by atoms with Gasteiger partial charge in [-0.2, -0.15) is 0 Å². The number of rotatable bonds is 5. The fourth-order valence-electron chi connectivity index (χ4n) is 1.17. The SMILES string of the molecule is COCCNc1ccc(NC(=O)C(C)(C)C)nc1. The van der Waals surface area contributed by atoms with Gasteiger partial charge in [-0.05, 0) is 12.1 Å². The fraction of sp³-hybridized carbons (Fsp3) is 0.538. The van der Waals surface area contributed by atoms with Crippen LogP contribution < -0.4 is 10.6 Å². The molecule has 5 nitrogen and oxygen atoms in total. The predicted octanol–water partition coefficient (Wildman–Crippen LogP) is 2.12. The van der Waals surface area contributed by atoms with E-state index in [4.69, 9.17) is 4.74 Å². The molecule has 100 valence electrons. The summed E-state index contributed by atoms with van der Waals surface area (Å²) >= 11 is 0. The van der Waals surface area contributed by atoms with Crippen LogP contribution >= 0.6 is 0 Å². The van der Waals surface area contributed by atoms with E-state index in [1.54, 1.807) is 19.4 Å². The van der Waals surface area contributed by atoms with Gasteiger partial charge >= 0.3 is 0 Å². The minimum Gasteiger partial charge on any atom is -0.383 e. The Morgan fingerprint density at radius 3 is 2.61 bits per heavy atom. The average molecular weight is 251 g/mol. The molecule has 0 aliphatic carbocycles. The van der Waals surface area contributed by atoms with Crippen molar-refractivity contribution in [1.82, 2.24) is 4.98 Å². The van der Waals surface area contributed by atoms with Gasteiger partial charge < -0.3 is 15.4 Å². The zero-order chi connectivity index (χ0) is 13.6. The summed E-state index contributed by atoms with van der Waals surface area (Å²) in [5, 5.41) is 5.93. The van der Waals surface area contributed by atoms with Gasteiger partial charge in [0.1, 0.15) is 5.82 Å². The Morgan fingerprint density at radius 2 is 2.11 bits per heavy atom. The van der Waals surface area contributed by atoms with Crippen molar-refractivity contribution >= 4 is 17.4 Å². The number of aromatic nitrogens is 1. The molecule has 0 saturated heterocycles. The summed E-state index contributed by atoms with van der Waals surface area (Å²) in [6.07, 6.45) is 1.69. The molecule has 0 aliphatic rings. The zero-order valence-electron chi connectivity index (χ0n) is 11.4. The maximum absolute atomic E-state index is 11.7. The third kappa shape index (κ3) is 4.71. The number of hydrogen-bond acceptors (Lipinski definition) is 4. The maximum Gasteiger partial charge on any atom is 0.230 e. The number of pyridine rings is 1. The third-order valence-electron chi connectivity index (χ3n) is 2.32. The molecule has 0 aliphatic heterocycles. The van der Waals surface area contributed by atoms with Gasteiger partial charge in [0.25, 0.3) is 0 Å². The summed E-state index contributed by atoms with van der Waals surface area (Å²) in [5.74, 6) is 0.516. The fourth-order valence-corrected chi connectivity index (χ4v) is 1.17. The number of amides is 1. The van der Waals surface area contributed by atoms with E-state index in [-0.39, 0.29) is 5.91 Å². The lowest BCUT2D eigenvalue weighted by Gasteiger charge is -2.17. The number of methoxy groups -OCH3 is 1. The summed E-state index contributed by atoms with van der Waals surface area (Å²) in [6.45, 7) is 6.96. The van der Waals surface area contributed by atoms with Crippen molar-refractivity contribution in [2.75, 3.05) is 30.9 Å². The molecule has 18 heavy (non-hydrogen) atoms. The van der Waals surface area contributed by atoms with E-state index < -0.39 is 5.41 Å². The summed E-state index contributed by atoms with van der Waals surface area (Å²) in [5.41, 5.74) is 0.484. The Kier molecular flexibility index (Phi) is 5.09. The molecule has 1 aromatic heterocycles. The van der Waals surface area contributed by atoms with Crippen molar-refractivity contribution in [3.05, 3.63) is 18.3 Å². The van der Waals surface area contributed by atoms with E-state index in [2.05, 4.69) is 15.6 Å². The summed E-state index contributed by atoms with van der Waals surface area (Å²) in [6, 6.07) is 3.65. The topological polar surface area (TPSA) is 63.2 Å². The highest BCUT2D eigenvalue weighted by Crippen LogP contribution is 2.16. The van der Waals surface area contributed by atoms with Crippen LogP contribution in [0.25, 0.3) is 0 Å². The van der Waals surface area contributed by atoms with E-state index in [1.165, 1.54) is 0 Å². The highest BCUT2D eigenvalue weighted by molar-refractivity contribution is 5.93. The van der Waals surface area contributed by atoms with Crippen molar-refractivity contribution in [3.63, 3.8) is 0 Å². The van der Waals surface area contributed by atoms with Crippen LogP contribution in [0.4, 0.5) is 11.5 Å². The first-order chi connectivity index (χ1) is 8.43. The largest absolute Gasteiger partial charge is 0.383 e. The Labute approximate surface area is 108 Å². The van der Waals surface area contributed by atoms with Crippen molar-refractivity contribution < 1.29 is 9.53 Å². The molecule has 0 radical (unpaired) electrons. The van der Waals surface area contributed by atoms with E-state index in [0.29, 0.717) is 12.4 Å². The Hall–Kier alpha value is -1.62. The second-order valence-corrected chi connectivity index (χ2v) is 5.06. The van der Waals surface area contributed by atoms with Gasteiger partial charge in [-0.1, -0.05) is 20.8 Å². The second kappa shape index (κ2) is 6.35. The molecule has 0 aromatic carbocycles. The smallest absolute Gasteiger partial charge is 0.230 e. The molecular formula is C13H21N3O2. The van der Waals surface area contributed by atoms with Crippen LogP contribution in [0.2, 0.25) is 0 Å². The Balaban J connectivity index is 2.53. The lowest BCUT2D eigenvalue weighted by molar-refractivity contribution is -0.123. The molecule has 0 fully saturated rings. The molecule has 2 N–H and O–H groups in total. The standard InChI is InChI=1S/C13H21N3O2/c1-13(2,3)12(17)16-11-6-5-10(9-15-11)14-7-8-18-4/h5-6,9,14H,7-8H2,1-4H3,(H,15,16,17). The number of ether oxygens (including phenoxy) is 1. The zero-order valence-corrected chi connectivity index (χ0v) is 11.4. The molecule has 0 spiro atoms. The van der Waals surface area contributed by atoms with Gasteiger partial charge in [-0.25, -0.2) is 4.98 Å². The number of nitrogens with one attached hydrogen (secondary N) is 2. The van der Waals surface area contributed by atoms with Gasteiger partial charge in [0.15, 0.2) is 0 Å². The van der Waals surface area contributed by atoms with Crippen LogP contribution in [-0.2, 0) is 9.53 Å². The highest BCUT2D eigenvalue weighted by Gasteiger charge is 2.21. The molecular weight excluding hydrogens is 230 g/mol. The molecule has 0 unspecified atom stereocenters. The molecule has 1 amide bonds. The third-order valence-corrected chi connectivity index (χ3v) is 2.32. The molecule has 0 bridgehead atoms. The first kappa shape index (κ1) is 14.4. The summed E-state index contributed by atoms with van der Waals surface area (Å²) < 4.78 is 4.94. The Bertz CT molecular complexity index is 382. The monoisotopic (exact) mass is 251 g/mol. The first-order valence-electron chi connectivity index (χ1n) is 5.94. The molecule has 0 atom stereocenters.